The van der Waals surface area contributed by atoms with E-state index in [0.717, 1.165) is 0 Å². The summed E-state index contributed by atoms with van der Waals surface area (Å²) in [7, 11) is 2.86. The van der Waals surface area contributed by atoms with Crippen LogP contribution < -0.4 is 4.90 Å². The highest BCUT2D eigenvalue weighted by atomic mass is 35.7. The van der Waals surface area contributed by atoms with Crippen LogP contribution in [-0.4, -0.2) is 39.7 Å². The first-order chi connectivity index (χ1) is 9.30. The van der Waals surface area contributed by atoms with Gasteiger partial charge in [0.05, 0.1) is 18.6 Å². The Morgan fingerprint density at radius 3 is 2.90 bits per heavy atom. The van der Waals surface area contributed by atoms with E-state index in [-0.39, 0.29) is 30.5 Å². The summed E-state index contributed by atoms with van der Waals surface area (Å²) in [5, 5.41) is 1.67. The molecule has 2 rings (SSSR count). The van der Waals surface area contributed by atoms with Crippen LogP contribution in [0.3, 0.4) is 0 Å². The molecule has 1 aliphatic heterocycles. The SMILES string of the molecule is COC(=O)c1cc(N2CC(CS(=O)(=O)Cl)CC2=O)cs1. The summed E-state index contributed by atoms with van der Waals surface area (Å²) in [6.07, 6.45) is 0.134. The van der Waals surface area contributed by atoms with Crippen LogP contribution in [0.4, 0.5) is 5.69 Å². The lowest BCUT2D eigenvalue weighted by molar-refractivity contribution is -0.117. The monoisotopic (exact) mass is 337 g/mol. The molecular weight excluding hydrogens is 326 g/mol. The summed E-state index contributed by atoms with van der Waals surface area (Å²) in [5.74, 6) is -1.20. The second-order valence-electron chi connectivity index (χ2n) is 4.44. The van der Waals surface area contributed by atoms with E-state index in [2.05, 4.69) is 4.74 Å². The standard InChI is InChI=1S/C11H12ClNO5S2/c1-18-11(15)9-3-8(5-19-9)13-4-7(2-10(13)14)6-20(12,16)17/h3,5,7H,2,4,6H2,1H3. The number of methoxy groups -OCH3 is 1. The maximum absolute atomic E-state index is 11.9. The van der Waals surface area contributed by atoms with E-state index in [1.165, 1.54) is 23.3 Å². The van der Waals surface area contributed by atoms with Crippen LogP contribution in [0, 0.1) is 5.92 Å². The van der Waals surface area contributed by atoms with Gasteiger partial charge in [0.15, 0.2) is 0 Å². The largest absolute Gasteiger partial charge is 0.465 e. The Morgan fingerprint density at radius 2 is 2.30 bits per heavy atom. The first-order valence-corrected chi connectivity index (χ1v) is 9.05. The third-order valence-corrected chi connectivity index (χ3v) is 5.07. The first kappa shape index (κ1) is 15.3. The van der Waals surface area contributed by atoms with E-state index in [9.17, 15) is 18.0 Å². The number of thiophene rings is 1. The number of amides is 1. The minimum Gasteiger partial charge on any atom is -0.465 e. The second-order valence-corrected chi connectivity index (χ2v) is 8.17. The zero-order valence-electron chi connectivity index (χ0n) is 10.5. The van der Waals surface area contributed by atoms with E-state index < -0.39 is 15.0 Å². The van der Waals surface area contributed by atoms with Gasteiger partial charge in [-0.15, -0.1) is 11.3 Å². The van der Waals surface area contributed by atoms with Gasteiger partial charge in [-0.25, -0.2) is 13.2 Å². The topological polar surface area (TPSA) is 80.8 Å². The molecule has 1 aromatic rings. The Labute approximate surface area is 124 Å². The van der Waals surface area contributed by atoms with Gasteiger partial charge < -0.3 is 9.64 Å². The van der Waals surface area contributed by atoms with Gasteiger partial charge in [-0.3, -0.25) is 4.79 Å². The third kappa shape index (κ3) is 3.50. The minimum atomic E-state index is -3.63. The molecule has 0 aliphatic carbocycles. The Morgan fingerprint density at radius 1 is 1.60 bits per heavy atom. The van der Waals surface area contributed by atoms with Crippen molar-refractivity contribution in [1.82, 2.24) is 0 Å². The van der Waals surface area contributed by atoms with Gasteiger partial charge in [0.25, 0.3) is 0 Å². The molecule has 0 N–H and O–H groups in total. The van der Waals surface area contributed by atoms with Crippen molar-refractivity contribution in [2.45, 2.75) is 6.42 Å². The number of hydrogen-bond acceptors (Lipinski definition) is 6. The summed E-state index contributed by atoms with van der Waals surface area (Å²) in [4.78, 5) is 25.1. The number of anilines is 1. The molecule has 1 unspecified atom stereocenters. The third-order valence-electron chi connectivity index (χ3n) is 2.92. The summed E-state index contributed by atoms with van der Waals surface area (Å²) in [5.41, 5.74) is 0.579. The molecule has 1 aliphatic rings. The van der Waals surface area contributed by atoms with Gasteiger partial charge in [-0.05, 0) is 6.07 Å². The first-order valence-electron chi connectivity index (χ1n) is 5.69. The van der Waals surface area contributed by atoms with Crippen LogP contribution in [0.2, 0.25) is 0 Å². The number of hydrogen-bond donors (Lipinski definition) is 0. The highest BCUT2D eigenvalue weighted by molar-refractivity contribution is 8.13. The second kappa shape index (κ2) is 5.71. The molecule has 20 heavy (non-hydrogen) atoms. The van der Waals surface area contributed by atoms with Crippen LogP contribution in [0.25, 0.3) is 0 Å². The molecule has 0 radical (unpaired) electrons. The highest BCUT2D eigenvalue weighted by Crippen LogP contribution is 2.30. The number of ether oxygens (including phenoxy) is 1. The van der Waals surface area contributed by atoms with Crippen LogP contribution in [0.5, 0.6) is 0 Å². The molecule has 1 saturated heterocycles. The van der Waals surface area contributed by atoms with E-state index in [1.807, 2.05) is 0 Å². The van der Waals surface area contributed by atoms with Crippen molar-refractivity contribution in [2.24, 2.45) is 5.92 Å². The van der Waals surface area contributed by atoms with Crippen LogP contribution in [0.1, 0.15) is 16.1 Å². The fourth-order valence-corrected chi connectivity index (χ4v) is 4.23. The lowest BCUT2D eigenvalue weighted by atomic mass is 10.1. The number of rotatable bonds is 4. The van der Waals surface area contributed by atoms with Gasteiger partial charge in [0.1, 0.15) is 4.88 Å². The lowest BCUT2D eigenvalue weighted by Crippen LogP contribution is -2.24. The van der Waals surface area contributed by atoms with Crippen molar-refractivity contribution in [3.8, 4) is 0 Å². The zero-order valence-corrected chi connectivity index (χ0v) is 12.9. The van der Waals surface area contributed by atoms with Crippen molar-refractivity contribution in [3.63, 3.8) is 0 Å². The fourth-order valence-electron chi connectivity index (χ4n) is 2.10. The average molecular weight is 338 g/mol. The lowest BCUT2D eigenvalue weighted by Gasteiger charge is -2.14. The minimum absolute atomic E-state index is 0.134. The van der Waals surface area contributed by atoms with Gasteiger partial charge in [0.2, 0.25) is 15.0 Å². The Bertz CT molecular complexity index is 639. The molecule has 0 bridgehead atoms. The molecule has 1 atom stereocenters. The summed E-state index contributed by atoms with van der Waals surface area (Å²) in [6.45, 7) is 0.280. The Kier molecular flexibility index (Phi) is 4.36. The number of carbonyl (C=O) groups excluding carboxylic acids is 2. The van der Waals surface area contributed by atoms with Gasteiger partial charge in [-0.1, -0.05) is 0 Å². The van der Waals surface area contributed by atoms with Crippen LogP contribution in [0.15, 0.2) is 11.4 Å². The Balaban J connectivity index is 2.12. The predicted molar refractivity (Wildman–Crippen MR) is 75.8 cm³/mol. The van der Waals surface area contributed by atoms with Gasteiger partial charge >= 0.3 is 5.97 Å². The fraction of sp³-hybridized carbons (Fsp3) is 0.455. The quantitative estimate of drug-likeness (QED) is 0.613. The summed E-state index contributed by atoms with van der Waals surface area (Å²) < 4.78 is 26.7. The molecule has 2 heterocycles. The predicted octanol–water partition coefficient (Wildman–Crippen LogP) is 1.46. The number of halogens is 1. The van der Waals surface area contributed by atoms with E-state index >= 15 is 0 Å². The molecule has 9 heteroatoms. The summed E-state index contributed by atoms with van der Waals surface area (Å²) in [6, 6.07) is 1.56. The van der Waals surface area contributed by atoms with Crippen molar-refractivity contribution in [3.05, 3.63) is 16.3 Å². The highest BCUT2D eigenvalue weighted by Gasteiger charge is 2.33. The number of nitrogens with zero attached hydrogens (tertiary/aromatic N) is 1. The number of carbonyl (C=O) groups is 2. The molecule has 1 fully saturated rings. The number of esters is 1. The molecule has 1 aromatic heterocycles. The maximum Gasteiger partial charge on any atom is 0.348 e. The molecule has 0 spiro atoms. The van der Waals surface area contributed by atoms with E-state index in [4.69, 9.17) is 10.7 Å². The maximum atomic E-state index is 11.9. The van der Waals surface area contributed by atoms with Crippen molar-refractivity contribution < 1.29 is 22.7 Å². The molecule has 1 amide bonds. The van der Waals surface area contributed by atoms with Gasteiger partial charge in [-0.2, -0.15) is 0 Å². The van der Waals surface area contributed by atoms with E-state index in [1.54, 1.807) is 11.4 Å². The normalized spacial score (nSPS) is 19.4. The molecule has 0 aromatic carbocycles. The molecule has 0 saturated carbocycles. The van der Waals surface area contributed by atoms with Crippen molar-refractivity contribution >= 4 is 48.6 Å². The smallest absolute Gasteiger partial charge is 0.348 e. The van der Waals surface area contributed by atoms with E-state index in [0.29, 0.717) is 10.6 Å². The van der Waals surface area contributed by atoms with Crippen molar-refractivity contribution in [2.75, 3.05) is 24.3 Å². The van der Waals surface area contributed by atoms with Crippen LogP contribution in [-0.2, 0) is 18.6 Å². The Hall–Kier alpha value is -1.12. The molecule has 110 valence electrons. The zero-order chi connectivity index (χ0) is 14.9. The summed E-state index contributed by atoms with van der Waals surface area (Å²) >= 11 is 1.17. The van der Waals surface area contributed by atoms with Gasteiger partial charge in [0, 0.05) is 34.9 Å². The molecular formula is C11H12ClNO5S2. The van der Waals surface area contributed by atoms with Crippen molar-refractivity contribution in [1.29, 1.82) is 0 Å². The van der Waals surface area contributed by atoms with Crippen LogP contribution >= 0.6 is 22.0 Å². The molecule has 6 nitrogen and oxygen atoms in total. The average Bonchev–Trinajstić information content (AvgIpc) is 2.92.